The maximum Gasteiger partial charge on any atom is 0.337 e. The normalized spacial score (nSPS) is 19.4. The molecule has 1 heterocycles. The Morgan fingerprint density at radius 1 is 1.28 bits per heavy atom. The standard InChI is InChI=1S/C17H23N5O3/c1-10-8-12(11(14(23)24)9-13(10)25-2)22-16(19)20-15(18)21-17(22)6-4-3-5-7-17/h8-9H,3-7H2,1-2H3,(H,23,24)(H4,18,19,20,21). The maximum atomic E-state index is 11.9. The van der Waals surface area contributed by atoms with Gasteiger partial charge in [0, 0.05) is 0 Å². The summed E-state index contributed by atoms with van der Waals surface area (Å²) < 4.78 is 5.27. The number of carbonyl (C=O) groups is 1. The third-order valence-corrected chi connectivity index (χ3v) is 4.84. The van der Waals surface area contributed by atoms with Gasteiger partial charge in [-0.2, -0.15) is 4.99 Å². The second-order valence-corrected chi connectivity index (χ2v) is 6.46. The number of carboxylic acids is 1. The van der Waals surface area contributed by atoms with Crippen LogP contribution in [0.5, 0.6) is 5.75 Å². The number of aliphatic imine (C=N–C) groups is 2. The number of guanidine groups is 2. The van der Waals surface area contributed by atoms with E-state index in [-0.39, 0.29) is 17.5 Å². The average molecular weight is 345 g/mol. The van der Waals surface area contributed by atoms with Crippen LogP contribution in [0.3, 0.4) is 0 Å². The Morgan fingerprint density at radius 3 is 2.56 bits per heavy atom. The highest BCUT2D eigenvalue weighted by molar-refractivity contribution is 6.09. The third kappa shape index (κ3) is 2.88. The average Bonchev–Trinajstić information content (AvgIpc) is 2.54. The molecule has 0 aromatic heterocycles. The van der Waals surface area contributed by atoms with Crippen molar-refractivity contribution in [2.75, 3.05) is 12.0 Å². The summed E-state index contributed by atoms with van der Waals surface area (Å²) in [4.78, 5) is 22.3. The van der Waals surface area contributed by atoms with E-state index in [2.05, 4.69) is 9.98 Å². The summed E-state index contributed by atoms with van der Waals surface area (Å²) in [6, 6.07) is 3.27. The molecule has 0 saturated heterocycles. The number of nitrogens with two attached hydrogens (primary N) is 2. The molecular weight excluding hydrogens is 322 g/mol. The van der Waals surface area contributed by atoms with E-state index < -0.39 is 11.6 Å². The van der Waals surface area contributed by atoms with Crippen molar-refractivity contribution in [1.82, 2.24) is 0 Å². The van der Waals surface area contributed by atoms with Gasteiger partial charge in [0.25, 0.3) is 0 Å². The molecule has 2 aliphatic rings. The number of hydrogen-bond donors (Lipinski definition) is 3. The van der Waals surface area contributed by atoms with Gasteiger partial charge in [0.2, 0.25) is 11.9 Å². The molecule has 0 unspecified atom stereocenters. The number of rotatable bonds is 3. The van der Waals surface area contributed by atoms with Crippen molar-refractivity contribution in [3.8, 4) is 5.75 Å². The van der Waals surface area contributed by atoms with E-state index in [1.165, 1.54) is 13.2 Å². The Hall–Kier alpha value is -2.77. The van der Waals surface area contributed by atoms with Gasteiger partial charge in [-0.25, -0.2) is 9.79 Å². The highest BCUT2D eigenvalue weighted by Gasteiger charge is 2.44. The Labute approximate surface area is 146 Å². The summed E-state index contributed by atoms with van der Waals surface area (Å²) in [6.07, 6.45) is 4.54. The molecule has 3 rings (SSSR count). The Balaban J connectivity index is 2.20. The molecule has 1 spiro atoms. The van der Waals surface area contributed by atoms with E-state index in [9.17, 15) is 9.90 Å². The van der Waals surface area contributed by atoms with Gasteiger partial charge in [0.15, 0.2) is 0 Å². The van der Waals surface area contributed by atoms with Gasteiger partial charge < -0.3 is 21.3 Å². The predicted octanol–water partition coefficient (Wildman–Crippen LogP) is 1.81. The SMILES string of the molecule is COc1cc(C(=O)O)c(N2C(N)=NC(N)=NC23CCCCC3)cc1C. The molecule has 1 aromatic rings. The zero-order valence-corrected chi connectivity index (χ0v) is 14.5. The molecule has 0 radical (unpaired) electrons. The molecule has 0 bridgehead atoms. The van der Waals surface area contributed by atoms with E-state index in [0.29, 0.717) is 11.4 Å². The first kappa shape index (κ1) is 17.1. The largest absolute Gasteiger partial charge is 0.496 e. The van der Waals surface area contributed by atoms with E-state index in [1.807, 2.05) is 6.92 Å². The monoisotopic (exact) mass is 345 g/mol. The number of aromatic carboxylic acids is 1. The van der Waals surface area contributed by atoms with Crippen LogP contribution in [0.25, 0.3) is 0 Å². The summed E-state index contributed by atoms with van der Waals surface area (Å²) in [5.41, 5.74) is 12.7. The summed E-state index contributed by atoms with van der Waals surface area (Å²) in [5.74, 6) is -0.247. The molecule has 1 aromatic carbocycles. The minimum Gasteiger partial charge on any atom is -0.496 e. The molecule has 1 saturated carbocycles. The molecule has 25 heavy (non-hydrogen) atoms. The maximum absolute atomic E-state index is 11.9. The van der Waals surface area contributed by atoms with Gasteiger partial charge in [-0.05, 0) is 50.3 Å². The fourth-order valence-electron chi connectivity index (χ4n) is 3.72. The number of aryl methyl sites for hydroxylation is 1. The van der Waals surface area contributed by atoms with Crippen molar-refractivity contribution >= 4 is 23.6 Å². The first-order valence-corrected chi connectivity index (χ1v) is 8.29. The van der Waals surface area contributed by atoms with Crippen molar-refractivity contribution in [2.45, 2.75) is 44.7 Å². The molecule has 0 amide bonds. The van der Waals surface area contributed by atoms with Gasteiger partial charge in [-0.1, -0.05) is 6.42 Å². The fraction of sp³-hybridized carbons (Fsp3) is 0.471. The van der Waals surface area contributed by atoms with Crippen molar-refractivity contribution in [1.29, 1.82) is 0 Å². The van der Waals surface area contributed by atoms with Crippen molar-refractivity contribution in [2.24, 2.45) is 21.5 Å². The number of methoxy groups -OCH3 is 1. The van der Waals surface area contributed by atoms with Gasteiger partial charge in [0.1, 0.15) is 11.4 Å². The van der Waals surface area contributed by atoms with Crippen LogP contribution in [0.4, 0.5) is 5.69 Å². The lowest BCUT2D eigenvalue weighted by atomic mass is 9.86. The summed E-state index contributed by atoms with van der Waals surface area (Å²) in [7, 11) is 1.51. The molecular formula is C17H23N5O3. The Kier molecular flexibility index (Phi) is 4.28. The van der Waals surface area contributed by atoms with Crippen LogP contribution < -0.4 is 21.1 Å². The van der Waals surface area contributed by atoms with Crippen LogP contribution in [-0.2, 0) is 0 Å². The molecule has 0 atom stereocenters. The number of anilines is 1. The highest BCUT2D eigenvalue weighted by Crippen LogP contribution is 2.42. The lowest BCUT2D eigenvalue weighted by Crippen LogP contribution is -2.58. The minimum absolute atomic E-state index is 0.0984. The zero-order chi connectivity index (χ0) is 18.2. The molecule has 1 aliphatic heterocycles. The molecule has 8 nitrogen and oxygen atoms in total. The van der Waals surface area contributed by atoms with Gasteiger partial charge in [0.05, 0.1) is 18.4 Å². The quantitative estimate of drug-likeness (QED) is 0.767. The molecule has 1 fully saturated rings. The van der Waals surface area contributed by atoms with E-state index in [1.54, 1.807) is 11.0 Å². The number of benzene rings is 1. The van der Waals surface area contributed by atoms with Crippen LogP contribution in [0.1, 0.15) is 48.0 Å². The minimum atomic E-state index is -1.06. The van der Waals surface area contributed by atoms with E-state index in [0.717, 1.165) is 37.7 Å². The fourth-order valence-corrected chi connectivity index (χ4v) is 3.72. The number of hydrogen-bond acceptors (Lipinski definition) is 7. The Morgan fingerprint density at radius 2 is 1.96 bits per heavy atom. The smallest absolute Gasteiger partial charge is 0.337 e. The van der Waals surface area contributed by atoms with Crippen LogP contribution in [0.2, 0.25) is 0 Å². The van der Waals surface area contributed by atoms with Crippen LogP contribution in [0.15, 0.2) is 22.1 Å². The second kappa shape index (κ2) is 6.27. The number of carboxylic acid groups (broad SMARTS) is 1. The zero-order valence-electron chi connectivity index (χ0n) is 14.5. The Bertz CT molecular complexity index is 766. The topological polar surface area (TPSA) is 127 Å². The summed E-state index contributed by atoms with van der Waals surface area (Å²) >= 11 is 0. The van der Waals surface area contributed by atoms with Crippen LogP contribution >= 0.6 is 0 Å². The van der Waals surface area contributed by atoms with Crippen molar-refractivity contribution in [3.05, 3.63) is 23.3 Å². The van der Waals surface area contributed by atoms with Crippen LogP contribution in [0, 0.1) is 6.92 Å². The van der Waals surface area contributed by atoms with Gasteiger partial charge in [-0.3, -0.25) is 4.90 Å². The predicted molar refractivity (Wildman–Crippen MR) is 96.2 cm³/mol. The van der Waals surface area contributed by atoms with Gasteiger partial charge in [-0.15, -0.1) is 0 Å². The molecule has 1 aliphatic carbocycles. The molecule has 8 heteroatoms. The third-order valence-electron chi connectivity index (χ3n) is 4.84. The van der Waals surface area contributed by atoms with E-state index in [4.69, 9.17) is 16.2 Å². The highest BCUT2D eigenvalue weighted by atomic mass is 16.5. The second-order valence-electron chi connectivity index (χ2n) is 6.46. The number of ether oxygens (including phenoxy) is 1. The summed E-state index contributed by atoms with van der Waals surface area (Å²) in [5, 5.41) is 9.71. The molecule has 134 valence electrons. The number of nitrogens with zero attached hydrogens (tertiary/aromatic N) is 3. The lowest BCUT2D eigenvalue weighted by Gasteiger charge is -2.46. The van der Waals surface area contributed by atoms with E-state index >= 15 is 0 Å². The van der Waals surface area contributed by atoms with Crippen LogP contribution in [-0.4, -0.2) is 35.8 Å². The lowest BCUT2D eigenvalue weighted by molar-refractivity contribution is 0.0697. The molecule has 5 N–H and O–H groups in total. The van der Waals surface area contributed by atoms with Crippen molar-refractivity contribution < 1.29 is 14.6 Å². The first-order valence-electron chi connectivity index (χ1n) is 8.29. The van der Waals surface area contributed by atoms with Crippen molar-refractivity contribution in [3.63, 3.8) is 0 Å². The summed E-state index contributed by atoms with van der Waals surface area (Å²) in [6.45, 7) is 1.86. The van der Waals surface area contributed by atoms with Gasteiger partial charge >= 0.3 is 5.97 Å². The first-order chi connectivity index (χ1) is 11.9.